The lowest BCUT2D eigenvalue weighted by Gasteiger charge is -2.10. The Balaban J connectivity index is 1.78. The van der Waals surface area contributed by atoms with Crippen molar-refractivity contribution in [1.82, 2.24) is 9.78 Å². The fourth-order valence-electron chi connectivity index (χ4n) is 2.62. The lowest BCUT2D eigenvalue weighted by molar-refractivity contribution is 0.102. The van der Waals surface area contributed by atoms with E-state index in [4.69, 9.17) is 0 Å². The molecule has 3 rings (SSSR count). The Labute approximate surface area is 135 Å². The minimum atomic E-state index is -0.119. The first-order valence-corrected chi connectivity index (χ1v) is 7.57. The molecule has 0 aliphatic heterocycles. The van der Waals surface area contributed by atoms with E-state index in [9.17, 15) is 4.79 Å². The molecule has 0 saturated carbocycles. The molecular formula is C19H19N3O. The molecule has 1 aromatic heterocycles. The van der Waals surface area contributed by atoms with E-state index < -0.39 is 0 Å². The van der Waals surface area contributed by atoms with Gasteiger partial charge in [-0.15, -0.1) is 0 Å². The number of carbonyl (C=O) groups excluding carboxylic acids is 1. The highest BCUT2D eigenvalue weighted by Gasteiger charge is 2.10. The van der Waals surface area contributed by atoms with E-state index >= 15 is 0 Å². The first-order valence-electron chi connectivity index (χ1n) is 7.57. The summed E-state index contributed by atoms with van der Waals surface area (Å²) in [5.74, 6) is 0.574. The second kappa shape index (κ2) is 6.48. The molecule has 1 N–H and O–H groups in total. The van der Waals surface area contributed by atoms with Crippen LogP contribution in [0.15, 0.2) is 60.8 Å². The van der Waals surface area contributed by atoms with E-state index in [1.54, 1.807) is 10.9 Å². The molecule has 116 valence electrons. The number of nitrogens with one attached hydrogen (secondary N) is 1. The maximum absolute atomic E-state index is 12.5. The van der Waals surface area contributed by atoms with Gasteiger partial charge in [0.05, 0.1) is 12.7 Å². The SMILES string of the molecule is Cc1cc(C)cc(C(=O)Nc2ccnn2Cc2ccccc2)c1. The number of aryl methyl sites for hydroxylation is 2. The molecule has 1 heterocycles. The van der Waals surface area contributed by atoms with Gasteiger partial charge in [0.1, 0.15) is 5.82 Å². The number of benzene rings is 2. The number of amides is 1. The minimum absolute atomic E-state index is 0.119. The van der Waals surface area contributed by atoms with Crippen LogP contribution in [0.1, 0.15) is 27.0 Å². The summed E-state index contributed by atoms with van der Waals surface area (Å²) in [6, 6.07) is 17.7. The molecule has 23 heavy (non-hydrogen) atoms. The average Bonchev–Trinajstić information content (AvgIpc) is 2.94. The topological polar surface area (TPSA) is 46.9 Å². The van der Waals surface area contributed by atoms with Crippen molar-refractivity contribution < 1.29 is 4.79 Å². The van der Waals surface area contributed by atoms with Gasteiger partial charge in [-0.1, -0.05) is 47.5 Å². The summed E-state index contributed by atoms with van der Waals surface area (Å²) in [4.78, 5) is 12.5. The highest BCUT2D eigenvalue weighted by atomic mass is 16.1. The summed E-state index contributed by atoms with van der Waals surface area (Å²) < 4.78 is 1.79. The standard InChI is InChI=1S/C19H19N3O/c1-14-10-15(2)12-17(11-14)19(23)21-18-8-9-20-22(18)13-16-6-4-3-5-7-16/h3-12H,13H2,1-2H3,(H,21,23). The normalized spacial score (nSPS) is 10.5. The van der Waals surface area contributed by atoms with Crippen LogP contribution in [0.25, 0.3) is 0 Å². The van der Waals surface area contributed by atoms with Gasteiger partial charge < -0.3 is 5.32 Å². The van der Waals surface area contributed by atoms with E-state index in [0.29, 0.717) is 17.9 Å². The van der Waals surface area contributed by atoms with E-state index in [1.807, 2.05) is 62.4 Å². The zero-order valence-electron chi connectivity index (χ0n) is 13.3. The van der Waals surface area contributed by atoms with Crippen LogP contribution >= 0.6 is 0 Å². The fraction of sp³-hybridized carbons (Fsp3) is 0.158. The number of carbonyl (C=O) groups is 1. The fourth-order valence-corrected chi connectivity index (χ4v) is 2.62. The molecule has 4 nitrogen and oxygen atoms in total. The van der Waals surface area contributed by atoms with E-state index in [1.165, 1.54) is 0 Å². The molecule has 2 aromatic carbocycles. The first-order chi connectivity index (χ1) is 11.1. The van der Waals surface area contributed by atoms with Gasteiger partial charge in [0.2, 0.25) is 0 Å². The van der Waals surface area contributed by atoms with Crippen molar-refractivity contribution in [2.45, 2.75) is 20.4 Å². The van der Waals surface area contributed by atoms with Crippen molar-refractivity contribution in [3.8, 4) is 0 Å². The summed E-state index contributed by atoms with van der Waals surface area (Å²) in [7, 11) is 0. The Morgan fingerprint density at radius 3 is 2.43 bits per heavy atom. The zero-order valence-corrected chi connectivity index (χ0v) is 13.3. The summed E-state index contributed by atoms with van der Waals surface area (Å²) in [5.41, 5.74) is 3.95. The van der Waals surface area contributed by atoms with Crippen molar-refractivity contribution in [2.24, 2.45) is 0 Å². The molecule has 0 bridgehead atoms. The molecule has 1 amide bonds. The molecule has 0 spiro atoms. The van der Waals surface area contributed by atoms with Crippen LogP contribution in [-0.4, -0.2) is 15.7 Å². The number of nitrogens with zero attached hydrogens (tertiary/aromatic N) is 2. The maximum Gasteiger partial charge on any atom is 0.256 e. The monoisotopic (exact) mass is 305 g/mol. The lowest BCUT2D eigenvalue weighted by Crippen LogP contribution is -2.16. The van der Waals surface area contributed by atoms with Crippen molar-refractivity contribution in [3.63, 3.8) is 0 Å². The molecule has 0 saturated heterocycles. The van der Waals surface area contributed by atoms with Crippen LogP contribution in [0.4, 0.5) is 5.82 Å². The minimum Gasteiger partial charge on any atom is -0.307 e. The van der Waals surface area contributed by atoms with Gasteiger partial charge in [0.15, 0.2) is 0 Å². The van der Waals surface area contributed by atoms with Crippen LogP contribution in [-0.2, 0) is 6.54 Å². The molecule has 0 atom stereocenters. The molecule has 4 heteroatoms. The second-order valence-corrected chi connectivity index (χ2v) is 5.69. The summed E-state index contributed by atoms with van der Waals surface area (Å²) >= 11 is 0. The van der Waals surface area contributed by atoms with Crippen LogP contribution < -0.4 is 5.32 Å². The van der Waals surface area contributed by atoms with Crippen LogP contribution in [0.5, 0.6) is 0 Å². The number of anilines is 1. The van der Waals surface area contributed by atoms with Gasteiger partial charge in [-0.3, -0.25) is 4.79 Å². The molecule has 0 radical (unpaired) electrons. The van der Waals surface area contributed by atoms with Gasteiger partial charge in [-0.25, -0.2) is 4.68 Å². The van der Waals surface area contributed by atoms with E-state index in [0.717, 1.165) is 16.7 Å². The van der Waals surface area contributed by atoms with Gasteiger partial charge in [0, 0.05) is 11.6 Å². The number of hydrogen-bond acceptors (Lipinski definition) is 2. The van der Waals surface area contributed by atoms with E-state index in [-0.39, 0.29) is 5.91 Å². The van der Waals surface area contributed by atoms with Gasteiger partial charge in [0.25, 0.3) is 5.91 Å². The largest absolute Gasteiger partial charge is 0.307 e. The van der Waals surface area contributed by atoms with Crippen LogP contribution in [0, 0.1) is 13.8 Å². The molecule has 0 aliphatic carbocycles. The number of aromatic nitrogens is 2. The van der Waals surface area contributed by atoms with Crippen molar-refractivity contribution in [2.75, 3.05) is 5.32 Å². The number of rotatable bonds is 4. The van der Waals surface area contributed by atoms with E-state index in [2.05, 4.69) is 16.5 Å². The van der Waals surface area contributed by atoms with Gasteiger partial charge in [-0.2, -0.15) is 5.10 Å². The molecule has 3 aromatic rings. The van der Waals surface area contributed by atoms with Crippen molar-refractivity contribution in [3.05, 3.63) is 83.0 Å². The first kappa shape index (κ1) is 15.0. The summed E-state index contributed by atoms with van der Waals surface area (Å²) in [5, 5.41) is 7.24. The van der Waals surface area contributed by atoms with Gasteiger partial charge in [-0.05, 0) is 31.5 Å². The smallest absolute Gasteiger partial charge is 0.256 e. The third kappa shape index (κ3) is 3.66. The highest BCUT2D eigenvalue weighted by Crippen LogP contribution is 2.14. The Kier molecular flexibility index (Phi) is 4.24. The molecule has 0 fully saturated rings. The molecule has 0 unspecified atom stereocenters. The third-order valence-electron chi connectivity index (χ3n) is 3.62. The lowest BCUT2D eigenvalue weighted by atomic mass is 10.1. The van der Waals surface area contributed by atoms with Crippen LogP contribution in [0.3, 0.4) is 0 Å². The summed E-state index contributed by atoms with van der Waals surface area (Å²) in [6.07, 6.45) is 1.69. The van der Waals surface area contributed by atoms with Crippen molar-refractivity contribution in [1.29, 1.82) is 0 Å². The second-order valence-electron chi connectivity index (χ2n) is 5.69. The molecule has 0 aliphatic rings. The Bertz CT molecular complexity index is 801. The average molecular weight is 305 g/mol. The predicted molar refractivity (Wildman–Crippen MR) is 91.6 cm³/mol. The van der Waals surface area contributed by atoms with Crippen molar-refractivity contribution >= 4 is 11.7 Å². The Hall–Kier alpha value is -2.88. The Morgan fingerprint density at radius 1 is 1.04 bits per heavy atom. The quantitative estimate of drug-likeness (QED) is 0.797. The summed E-state index contributed by atoms with van der Waals surface area (Å²) in [6.45, 7) is 4.60. The van der Waals surface area contributed by atoms with Crippen LogP contribution in [0.2, 0.25) is 0 Å². The maximum atomic E-state index is 12.5. The zero-order chi connectivity index (χ0) is 16.2. The Morgan fingerprint density at radius 2 is 1.74 bits per heavy atom. The van der Waals surface area contributed by atoms with Gasteiger partial charge >= 0.3 is 0 Å². The molecular weight excluding hydrogens is 286 g/mol. The number of hydrogen-bond donors (Lipinski definition) is 1. The predicted octanol–water partition coefficient (Wildman–Crippen LogP) is 3.80. The highest BCUT2D eigenvalue weighted by molar-refractivity contribution is 6.04. The third-order valence-corrected chi connectivity index (χ3v) is 3.62.